The van der Waals surface area contributed by atoms with Crippen LogP contribution in [0.25, 0.3) is 33.2 Å². The molecule has 15 heteroatoms. The van der Waals surface area contributed by atoms with Crippen LogP contribution in [0.1, 0.15) is 89.7 Å². The van der Waals surface area contributed by atoms with E-state index in [1.165, 1.54) is 21.3 Å². The van der Waals surface area contributed by atoms with Crippen molar-refractivity contribution in [1.29, 1.82) is 0 Å². The molecule has 0 radical (unpaired) electrons. The van der Waals surface area contributed by atoms with Crippen molar-refractivity contribution in [2.24, 2.45) is 10.9 Å². The van der Waals surface area contributed by atoms with Crippen LogP contribution in [0.15, 0.2) is 53.7 Å². The number of carbonyl (C=O) groups excluding carboxylic acids is 4. The Bertz CT molecular complexity index is 2430. The molecule has 15 nitrogen and oxygen atoms in total. The number of aliphatic imine (C=N–C) groups is 1. The van der Waals surface area contributed by atoms with E-state index in [2.05, 4.69) is 65.0 Å². The minimum Gasteiger partial charge on any atom is -0.488 e. The number of likely N-dealkylation sites (tertiary alicyclic amines) is 2. The molecule has 0 saturated carbocycles. The van der Waals surface area contributed by atoms with Crippen LogP contribution in [0.5, 0.6) is 5.75 Å². The van der Waals surface area contributed by atoms with Crippen molar-refractivity contribution in [2.45, 2.75) is 122 Å². The van der Waals surface area contributed by atoms with Gasteiger partial charge in [-0.05, 0) is 109 Å². The van der Waals surface area contributed by atoms with Crippen LogP contribution in [-0.4, -0.2) is 107 Å². The molecule has 0 unspecified atom stereocenters. The predicted molar refractivity (Wildman–Crippen MR) is 234 cm³/mol. The number of alkyl carbamates (subject to hydrolysis) is 2. The first-order valence-corrected chi connectivity index (χ1v) is 21.7. The van der Waals surface area contributed by atoms with Crippen LogP contribution in [0, 0.1) is 5.92 Å². The van der Waals surface area contributed by atoms with E-state index in [1.54, 1.807) is 6.92 Å². The number of carbonyl (C=O) groups is 4. The van der Waals surface area contributed by atoms with Crippen molar-refractivity contribution >= 4 is 46.2 Å². The maximum atomic E-state index is 14.2. The van der Waals surface area contributed by atoms with Crippen LogP contribution in [-0.2, 0) is 36.8 Å². The third-order valence-electron chi connectivity index (χ3n) is 13.3. The second-order valence-corrected chi connectivity index (χ2v) is 17.3. The zero-order valence-corrected chi connectivity index (χ0v) is 36.7. The molecule has 5 heterocycles. The fourth-order valence-corrected chi connectivity index (χ4v) is 9.83. The Morgan fingerprint density at radius 3 is 2.31 bits per heavy atom. The number of amides is 4. The molecule has 4 aliphatic heterocycles. The molecule has 2 saturated heterocycles. The molecule has 62 heavy (non-hydrogen) atoms. The van der Waals surface area contributed by atoms with Gasteiger partial charge in [-0.3, -0.25) is 14.6 Å². The first-order chi connectivity index (χ1) is 29.8. The zero-order chi connectivity index (χ0) is 44.0. The lowest BCUT2D eigenvalue weighted by molar-refractivity contribution is -0.138. The number of benzene rings is 3. The smallest absolute Gasteiger partial charge is 0.407 e. The molecule has 8 rings (SSSR count). The number of hydrogen-bond donors (Lipinski definition) is 3. The number of hydrogen-bond acceptors (Lipinski definition) is 10. The Balaban J connectivity index is 1.02. The fourth-order valence-electron chi connectivity index (χ4n) is 9.83. The third kappa shape index (κ3) is 7.75. The summed E-state index contributed by atoms with van der Waals surface area (Å²) in [6, 6.07) is 12.7. The molecule has 4 amide bonds. The highest BCUT2D eigenvalue weighted by atomic mass is 16.5. The molecule has 2 fully saturated rings. The summed E-state index contributed by atoms with van der Waals surface area (Å²) in [5.41, 5.74) is 7.91. The van der Waals surface area contributed by atoms with Gasteiger partial charge in [0.05, 0.1) is 50.0 Å². The summed E-state index contributed by atoms with van der Waals surface area (Å²) in [5.74, 6) is 1.03. The fraction of sp³-hybridized carbons (Fsp3) is 0.489. The maximum absolute atomic E-state index is 14.2. The number of methoxy groups -OCH3 is 3. The summed E-state index contributed by atoms with van der Waals surface area (Å²) in [5, 5.41) is 7.58. The second kappa shape index (κ2) is 17.4. The first-order valence-electron chi connectivity index (χ1n) is 21.7. The Hall–Kier alpha value is -5.96. The number of H-pyrrole nitrogens is 1. The quantitative estimate of drug-likeness (QED) is 0.139. The summed E-state index contributed by atoms with van der Waals surface area (Å²) in [7, 11) is 4.10. The van der Waals surface area contributed by atoms with Crippen LogP contribution >= 0.6 is 0 Å². The van der Waals surface area contributed by atoms with Crippen molar-refractivity contribution in [3.8, 4) is 28.1 Å². The molecular weight excluding hydrogens is 791 g/mol. The number of nitrogens with zero attached hydrogens (tertiary/aromatic N) is 4. The molecule has 0 bridgehead atoms. The highest BCUT2D eigenvalue weighted by Crippen LogP contribution is 2.45. The number of fused-ring (bicyclic) bond motifs is 6. The van der Waals surface area contributed by atoms with E-state index in [-0.39, 0.29) is 41.9 Å². The lowest BCUT2D eigenvalue weighted by atomic mass is 9.91. The average molecular weight is 848 g/mol. The molecule has 4 aliphatic rings. The monoisotopic (exact) mass is 847 g/mol. The Morgan fingerprint density at radius 2 is 1.60 bits per heavy atom. The Labute approximate surface area is 361 Å². The molecular formula is C47H57N7O8. The van der Waals surface area contributed by atoms with Gasteiger partial charge >= 0.3 is 12.2 Å². The molecule has 7 atom stereocenters. The normalized spacial score (nSPS) is 21.7. The van der Waals surface area contributed by atoms with Crippen LogP contribution in [0.2, 0.25) is 0 Å². The van der Waals surface area contributed by atoms with Crippen molar-refractivity contribution in [3.63, 3.8) is 0 Å². The highest BCUT2D eigenvalue weighted by Gasteiger charge is 2.45. The van der Waals surface area contributed by atoms with Crippen LogP contribution < -0.4 is 15.4 Å². The summed E-state index contributed by atoms with van der Waals surface area (Å²) in [6.45, 7) is 10.1. The minimum absolute atomic E-state index is 0.0102. The second-order valence-electron chi connectivity index (χ2n) is 17.3. The van der Waals surface area contributed by atoms with Gasteiger partial charge in [0, 0.05) is 36.9 Å². The van der Waals surface area contributed by atoms with Gasteiger partial charge in [0.15, 0.2) is 0 Å². The summed E-state index contributed by atoms with van der Waals surface area (Å²) in [4.78, 5) is 69.7. The molecule has 0 aliphatic carbocycles. The van der Waals surface area contributed by atoms with Crippen molar-refractivity contribution < 1.29 is 38.1 Å². The van der Waals surface area contributed by atoms with Crippen molar-refractivity contribution in [2.75, 3.05) is 21.3 Å². The van der Waals surface area contributed by atoms with E-state index in [0.29, 0.717) is 18.9 Å². The topological polar surface area (TPSA) is 177 Å². The third-order valence-corrected chi connectivity index (χ3v) is 13.3. The number of rotatable bonds is 11. The van der Waals surface area contributed by atoms with Crippen LogP contribution in [0.4, 0.5) is 15.3 Å². The van der Waals surface area contributed by atoms with E-state index >= 15 is 0 Å². The van der Waals surface area contributed by atoms with Gasteiger partial charge in [-0.25, -0.2) is 14.6 Å². The zero-order valence-electron chi connectivity index (χ0n) is 36.7. The van der Waals surface area contributed by atoms with Gasteiger partial charge < -0.3 is 44.4 Å². The van der Waals surface area contributed by atoms with Gasteiger partial charge in [0.2, 0.25) is 11.8 Å². The molecule has 328 valence electrons. The Morgan fingerprint density at radius 1 is 0.871 bits per heavy atom. The average Bonchev–Trinajstić information content (AvgIpc) is 4.11. The number of nitrogens with one attached hydrogen (secondary N) is 3. The summed E-state index contributed by atoms with van der Waals surface area (Å²) in [6.07, 6.45) is 4.53. The van der Waals surface area contributed by atoms with E-state index < -0.39 is 30.4 Å². The molecule has 4 aromatic rings. The molecule has 3 aromatic carbocycles. The van der Waals surface area contributed by atoms with E-state index in [1.807, 2.05) is 36.8 Å². The SMILES string of the molecule is CC[C@H]1CC[C@@H](C2=Nc3ccc4cc5c(cc4c3C2)OCc2cc(-c3cnc([C@@H]4CC[C@H](C)N4C(=O)[C@@H](NC(=O)OC)C(C)C)[nH]3)ccc2-5)N1C(=O)[C@@H](NC(=O)OC)[C@@H](C)OC. The first kappa shape index (κ1) is 42.7. The van der Waals surface area contributed by atoms with E-state index in [0.717, 1.165) is 93.5 Å². The highest BCUT2D eigenvalue weighted by molar-refractivity contribution is 6.07. The van der Waals surface area contributed by atoms with Gasteiger partial charge in [0.25, 0.3) is 0 Å². The summed E-state index contributed by atoms with van der Waals surface area (Å²) < 4.78 is 21.7. The number of imidazole rings is 1. The number of aromatic amines is 1. The number of ether oxygens (including phenoxy) is 4. The minimum atomic E-state index is -0.905. The van der Waals surface area contributed by atoms with E-state index in [9.17, 15) is 19.2 Å². The molecule has 3 N–H and O–H groups in total. The van der Waals surface area contributed by atoms with Gasteiger partial charge in [-0.2, -0.15) is 0 Å². The van der Waals surface area contributed by atoms with Gasteiger partial charge in [0.1, 0.15) is 30.3 Å². The number of aromatic nitrogens is 2. The van der Waals surface area contributed by atoms with Crippen LogP contribution in [0.3, 0.4) is 0 Å². The standard InChI is InChI=1S/C47H57N7O8/c1-9-30-13-17-38(54(30)45(56)42(26(5)59-6)52-47(58)61-8)36-20-33-32-21-40-34(19-27(32)12-15-35(33)49-36)31-14-11-28(18-29(31)23-62-40)37-22-48-43(50-37)39-16-10-25(4)53(39)44(55)41(24(2)3)51-46(57)60-7/h11-12,14-15,18-19,21-22,24-26,30,38-39,41-42H,9-10,13,16-17,20,23H2,1-8H3,(H,48,50)(H,51,57)(H,52,58)/t25-,26+,30-,38-,39-,41-,42-/m0/s1. The molecule has 0 spiro atoms. The molecule has 1 aromatic heterocycles. The maximum Gasteiger partial charge on any atom is 0.407 e. The van der Waals surface area contributed by atoms with Crippen molar-refractivity contribution in [1.82, 2.24) is 30.4 Å². The Kier molecular flexibility index (Phi) is 12.0. The lowest BCUT2D eigenvalue weighted by Crippen LogP contribution is -2.58. The van der Waals surface area contributed by atoms with E-state index in [4.69, 9.17) is 28.9 Å². The largest absolute Gasteiger partial charge is 0.488 e. The summed E-state index contributed by atoms with van der Waals surface area (Å²) >= 11 is 0. The predicted octanol–water partition coefficient (Wildman–Crippen LogP) is 7.38. The lowest BCUT2D eigenvalue weighted by Gasteiger charge is -2.35. The van der Waals surface area contributed by atoms with Gasteiger partial charge in [-0.1, -0.05) is 39.0 Å². The van der Waals surface area contributed by atoms with Gasteiger partial charge in [-0.15, -0.1) is 0 Å². The van der Waals surface area contributed by atoms with Crippen molar-refractivity contribution in [3.05, 3.63) is 65.6 Å².